The minimum absolute atomic E-state index is 0.205. The third-order valence-electron chi connectivity index (χ3n) is 3.94. The molecule has 3 rings (SSSR count). The predicted molar refractivity (Wildman–Crippen MR) is 109 cm³/mol. The molecule has 0 bridgehead atoms. The highest BCUT2D eigenvalue weighted by Gasteiger charge is 2.11. The molecule has 0 fully saturated rings. The summed E-state index contributed by atoms with van der Waals surface area (Å²) in [5.74, 6) is -0.549. The number of hydrogen-bond acceptors (Lipinski definition) is 5. The van der Waals surface area contributed by atoms with Crippen LogP contribution in [0.4, 0.5) is 32.1 Å². The van der Waals surface area contributed by atoms with Crippen molar-refractivity contribution in [1.29, 1.82) is 0 Å². The van der Waals surface area contributed by atoms with Gasteiger partial charge in [0, 0.05) is 30.2 Å². The lowest BCUT2D eigenvalue weighted by Crippen LogP contribution is -2.19. The van der Waals surface area contributed by atoms with Gasteiger partial charge in [-0.3, -0.25) is 4.79 Å². The van der Waals surface area contributed by atoms with E-state index < -0.39 is 11.9 Å². The number of rotatable bonds is 7. The summed E-state index contributed by atoms with van der Waals surface area (Å²) in [4.78, 5) is 26.9. The number of nitrogens with one attached hydrogen (secondary N) is 3. The van der Waals surface area contributed by atoms with Crippen molar-refractivity contribution >= 4 is 34.8 Å². The number of amides is 3. The normalized spacial score (nSPS) is 10.2. The second kappa shape index (κ2) is 8.70. The number of carbonyl (C=O) groups excluding carboxylic acids is 2. The number of nitrogens with zero attached hydrogens (tertiary/aromatic N) is 1. The van der Waals surface area contributed by atoms with Gasteiger partial charge in [-0.15, -0.1) is 0 Å². The molecule has 9 heteroatoms. The molecule has 0 spiro atoms. The number of carbonyl (C=O) groups is 2. The first-order valence-corrected chi connectivity index (χ1v) is 8.62. The van der Waals surface area contributed by atoms with Gasteiger partial charge in [0.25, 0.3) is 5.91 Å². The molecule has 0 atom stereocenters. The Morgan fingerprint density at radius 2 is 1.76 bits per heavy atom. The molecular formula is C20H19FN6O2. The lowest BCUT2D eigenvalue weighted by molar-refractivity contribution is 0.100. The first-order valence-electron chi connectivity index (χ1n) is 8.62. The van der Waals surface area contributed by atoms with Crippen LogP contribution >= 0.6 is 0 Å². The standard InChI is InChI=1S/C20H19FN6O2/c21-13-4-1-3-12(7-13)10-24-17-9-18(25-11-16(17)19(22)28)26-14-5-2-6-15(8-14)27-20(23)29/h1-9,11H,10H2,(H2,22,28)(H3,23,27,29)(H2,24,25,26). The zero-order valence-electron chi connectivity index (χ0n) is 15.3. The summed E-state index contributed by atoms with van der Waals surface area (Å²) in [5, 5.41) is 8.64. The first kappa shape index (κ1) is 19.6. The van der Waals surface area contributed by atoms with Crippen molar-refractivity contribution in [3.05, 3.63) is 77.7 Å². The van der Waals surface area contributed by atoms with E-state index in [1.54, 1.807) is 42.5 Å². The van der Waals surface area contributed by atoms with Crippen molar-refractivity contribution in [2.45, 2.75) is 6.54 Å². The molecule has 0 aliphatic heterocycles. The molecule has 29 heavy (non-hydrogen) atoms. The van der Waals surface area contributed by atoms with Crippen molar-refractivity contribution < 1.29 is 14.0 Å². The van der Waals surface area contributed by atoms with Crippen LogP contribution in [0.25, 0.3) is 0 Å². The van der Waals surface area contributed by atoms with Gasteiger partial charge in [0.2, 0.25) is 0 Å². The minimum Gasteiger partial charge on any atom is -0.380 e. The van der Waals surface area contributed by atoms with Gasteiger partial charge in [-0.25, -0.2) is 14.2 Å². The zero-order valence-corrected chi connectivity index (χ0v) is 15.3. The minimum atomic E-state index is -0.671. The van der Waals surface area contributed by atoms with Crippen LogP contribution in [0.15, 0.2) is 60.8 Å². The SMILES string of the molecule is NC(=O)Nc1cccc(Nc2cc(NCc3cccc(F)c3)c(C(N)=O)cn2)c1. The average Bonchev–Trinajstić information content (AvgIpc) is 2.66. The van der Waals surface area contributed by atoms with Crippen molar-refractivity contribution in [3.63, 3.8) is 0 Å². The molecule has 0 aliphatic carbocycles. The monoisotopic (exact) mass is 394 g/mol. The van der Waals surface area contributed by atoms with E-state index >= 15 is 0 Å². The molecule has 148 valence electrons. The Hall–Kier alpha value is -4.14. The number of aromatic nitrogens is 1. The van der Waals surface area contributed by atoms with Gasteiger partial charge in [0.15, 0.2) is 0 Å². The molecule has 0 saturated carbocycles. The summed E-state index contributed by atoms with van der Waals surface area (Å²) in [5.41, 5.74) is 13.1. The van der Waals surface area contributed by atoms with Gasteiger partial charge >= 0.3 is 6.03 Å². The maximum Gasteiger partial charge on any atom is 0.316 e. The highest BCUT2D eigenvalue weighted by molar-refractivity contribution is 5.98. The lowest BCUT2D eigenvalue weighted by Gasteiger charge is -2.13. The molecule has 3 amide bonds. The number of urea groups is 1. The average molecular weight is 394 g/mol. The second-order valence-corrected chi connectivity index (χ2v) is 6.16. The number of hydrogen-bond donors (Lipinski definition) is 5. The molecule has 0 radical (unpaired) electrons. The van der Waals surface area contributed by atoms with Crippen LogP contribution in [0.1, 0.15) is 15.9 Å². The van der Waals surface area contributed by atoms with Gasteiger partial charge in [-0.05, 0) is 35.9 Å². The lowest BCUT2D eigenvalue weighted by atomic mass is 10.2. The topological polar surface area (TPSA) is 135 Å². The molecular weight excluding hydrogens is 375 g/mol. The van der Waals surface area contributed by atoms with Crippen molar-refractivity contribution in [3.8, 4) is 0 Å². The number of pyridine rings is 1. The fraction of sp³-hybridized carbons (Fsp3) is 0.0500. The summed E-state index contributed by atoms with van der Waals surface area (Å²) >= 11 is 0. The largest absolute Gasteiger partial charge is 0.380 e. The Labute approximate surface area is 166 Å². The number of halogens is 1. The van der Waals surface area contributed by atoms with Crippen LogP contribution in [-0.4, -0.2) is 16.9 Å². The predicted octanol–water partition coefficient (Wildman–Crippen LogP) is 3.17. The number of primary amides is 2. The third kappa shape index (κ3) is 5.42. The Morgan fingerprint density at radius 1 is 1.00 bits per heavy atom. The van der Waals surface area contributed by atoms with Gasteiger partial charge in [0.05, 0.1) is 11.3 Å². The molecule has 1 aromatic heterocycles. The van der Waals surface area contributed by atoms with Crippen LogP contribution in [-0.2, 0) is 6.54 Å². The maximum absolute atomic E-state index is 13.4. The van der Waals surface area contributed by atoms with Crippen LogP contribution in [0, 0.1) is 5.82 Å². The Kier molecular flexibility index (Phi) is 5.88. The van der Waals surface area contributed by atoms with Crippen LogP contribution in [0.2, 0.25) is 0 Å². The Morgan fingerprint density at radius 3 is 2.48 bits per heavy atom. The third-order valence-corrected chi connectivity index (χ3v) is 3.94. The van der Waals surface area contributed by atoms with Gasteiger partial charge in [-0.2, -0.15) is 0 Å². The van der Waals surface area contributed by atoms with Crippen LogP contribution < -0.4 is 27.4 Å². The molecule has 3 aromatic rings. The molecule has 7 N–H and O–H groups in total. The summed E-state index contributed by atoms with van der Waals surface area (Å²) < 4.78 is 13.4. The molecule has 2 aromatic carbocycles. The molecule has 1 heterocycles. The summed E-state index contributed by atoms with van der Waals surface area (Å²) in [6.45, 7) is 0.291. The van der Waals surface area contributed by atoms with Crippen molar-refractivity contribution in [2.75, 3.05) is 16.0 Å². The maximum atomic E-state index is 13.4. The van der Waals surface area contributed by atoms with E-state index in [0.717, 1.165) is 0 Å². The summed E-state index contributed by atoms with van der Waals surface area (Å²) in [6.07, 6.45) is 1.35. The van der Waals surface area contributed by atoms with Crippen molar-refractivity contribution in [2.24, 2.45) is 11.5 Å². The Bertz CT molecular complexity index is 1060. The van der Waals surface area contributed by atoms with E-state index in [-0.39, 0.29) is 11.4 Å². The molecule has 0 unspecified atom stereocenters. The summed E-state index contributed by atoms with van der Waals surface area (Å²) in [7, 11) is 0. The summed E-state index contributed by atoms with van der Waals surface area (Å²) in [6, 6.07) is 13.9. The van der Waals surface area contributed by atoms with Crippen LogP contribution in [0.3, 0.4) is 0 Å². The molecule has 0 saturated heterocycles. The molecule has 0 aliphatic rings. The van der Waals surface area contributed by atoms with E-state index in [0.29, 0.717) is 35.0 Å². The number of benzene rings is 2. The van der Waals surface area contributed by atoms with Crippen LogP contribution in [0.5, 0.6) is 0 Å². The smallest absolute Gasteiger partial charge is 0.316 e. The quantitative estimate of drug-likeness (QED) is 0.419. The number of anilines is 4. The molecule has 8 nitrogen and oxygen atoms in total. The second-order valence-electron chi connectivity index (χ2n) is 6.16. The highest BCUT2D eigenvalue weighted by Crippen LogP contribution is 2.23. The first-order chi connectivity index (χ1) is 13.9. The fourth-order valence-corrected chi connectivity index (χ4v) is 2.68. The van der Waals surface area contributed by atoms with E-state index in [1.807, 2.05) is 0 Å². The van der Waals surface area contributed by atoms with Gasteiger partial charge in [0.1, 0.15) is 11.6 Å². The van der Waals surface area contributed by atoms with E-state index in [1.165, 1.54) is 18.3 Å². The van der Waals surface area contributed by atoms with E-state index in [4.69, 9.17) is 11.5 Å². The Balaban J connectivity index is 1.81. The van der Waals surface area contributed by atoms with E-state index in [9.17, 15) is 14.0 Å². The van der Waals surface area contributed by atoms with E-state index in [2.05, 4.69) is 20.9 Å². The van der Waals surface area contributed by atoms with Gasteiger partial charge in [-0.1, -0.05) is 18.2 Å². The number of nitrogens with two attached hydrogens (primary N) is 2. The highest BCUT2D eigenvalue weighted by atomic mass is 19.1. The zero-order chi connectivity index (χ0) is 20.8. The van der Waals surface area contributed by atoms with Gasteiger partial charge < -0.3 is 27.4 Å². The van der Waals surface area contributed by atoms with Crippen molar-refractivity contribution in [1.82, 2.24) is 4.98 Å². The fourth-order valence-electron chi connectivity index (χ4n) is 2.68.